The third-order valence-electron chi connectivity index (χ3n) is 6.16. The molecule has 1 saturated heterocycles. The molecule has 1 aliphatic heterocycles. The van der Waals surface area contributed by atoms with Crippen molar-refractivity contribution in [2.24, 2.45) is 0 Å². The number of carbonyl (C=O) groups is 2. The first-order chi connectivity index (χ1) is 18.3. The second-order valence-corrected chi connectivity index (χ2v) is 10.6. The van der Waals surface area contributed by atoms with E-state index in [4.69, 9.17) is 4.74 Å². The van der Waals surface area contributed by atoms with Gasteiger partial charge in [-0.2, -0.15) is 26.3 Å². The fourth-order valence-corrected chi connectivity index (χ4v) is 4.23. The number of hydrogen-bond donors (Lipinski definition) is 0. The number of alkyl halides is 6. The Balaban J connectivity index is 1.88. The molecule has 0 saturated carbocycles. The lowest BCUT2D eigenvalue weighted by Crippen LogP contribution is -2.35. The van der Waals surface area contributed by atoms with Gasteiger partial charge in [0.25, 0.3) is 0 Å². The molecule has 3 rings (SSSR count). The third-order valence-corrected chi connectivity index (χ3v) is 6.16. The predicted octanol–water partition coefficient (Wildman–Crippen LogP) is 7.31. The van der Waals surface area contributed by atoms with Crippen LogP contribution in [0.1, 0.15) is 55.9 Å². The number of ether oxygens (including phenoxy) is 1. The molecule has 1 fully saturated rings. The van der Waals surface area contributed by atoms with Crippen molar-refractivity contribution in [2.75, 3.05) is 20.1 Å². The number of rotatable bonds is 5. The lowest BCUT2D eigenvalue weighted by atomic mass is 9.95. The molecule has 0 atom stereocenters. The largest absolute Gasteiger partial charge is 0.444 e. The highest BCUT2D eigenvalue weighted by Crippen LogP contribution is 2.37. The second-order valence-electron chi connectivity index (χ2n) is 10.6. The van der Waals surface area contributed by atoms with Gasteiger partial charge < -0.3 is 14.5 Å². The van der Waals surface area contributed by atoms with Crippen LogP contribution >= 0.6 is 0 Å². The zero-order valence-corrected chi connectivity index (χ0v) is 22.3. The van der Waals surface area contributed by atoms with Gasteiger partial charge in [-0.05, 0) is 79.8 Å². The van der Waals surface area contributed by atoms with Crippen LogP contribution < -0.4 is 0 Å². The number of hydrogen-bond acceptors (Lipinski definition) is 3. The summed E-state index contributed by atoms with van der Waals surface area (Å²) in [4.78, 5) is 28.2. The molecule has 1 heterocycles. The van der Waals surface area contributed by atoms with Gasteiger partial charge in [-0.15, -0.1) is 0 Å². The number of carbonyl (C=O) groups excluding carboxylic acids is 2. The van der Waals surface area contributed by atoms with E-state index in [0.717, 1.165) is 4.90 Å². The van der Waals surface area contributed by atoms with E-state index in [-0.39, 0.29) is 24.6 Å². The van der Waals surface area contributed by atoms with Gasteiger partial charge in [0.15, 0.2) is 0 Å². The molecule has 40 heavy (non-hydrogen) atoms. The summed E-state index contributed by atoms with van der Waals surface area (Å²) in [6.45, 7) is 5.10. The summed E-state index contributed by atoms with van der Waals surface area (Å²) in [7, 11) is 1.27. The number of amides is 2. The van der Waals surface area contributed by atoms with Crippen molar-refractivity contribution >= 4 is 17.6 Å². The van der Waals surface area contributed by atoms with Crippen LogP contribution in [0.5, 0.6) is 0 Å². The molecule has 2 amide bonds. The maximum Gasteiger partial charge on any atom is 0.416 e. The van der Waals surface area contributed by atoms with E-state index in [9.17, 15) is 40.3 Å². The minimum Gasteiger partial charge on any atom is -0.444 e. The standard InChI is InChI=1S/C28H29F7N2O3/c1-26(2,3)40-25(39)37-10-9-19(16-37)23(18-5-7-22(29)8-6-18)14-24(38)36(4)15-17-11-20(27(30,31)32)13-21(12-17)28(33,34)35/h5-8,11-13H,9-10,14-16H2,1-4H3. The third kappa shape index (κ3) is 8.22. The summed E-state index contributed by atoms with van der Waals surface area (Å²) >= 11 is 0. The van der Waals surface area contributed by atoms with Crippen LogP contribution in [0.3, 0.4) is 0 Å². The highest BCUT2D eigenvalue weighted by Gasteiger charge is 2.37. The number of benzene rings is 2. The zero-order valence-electron chi connectivity index (χ0n) is 22.3. The first-order valence-corrected chi connectivity index (χ1v) is 12.3. The van der Waals surface area contributed by atoms with Crippen LogP contribution in [0, 0.1) is 5.82 Å². The van der Waals surface area contributed by atoms with Gasteiger partial charge in [0.05, 0.1) is 17.5 Å². The van der Waals surface area contributed by atoms with Crippen molar-refractivity contribution in [1.82, 2.24) is 9.80 Å². The maximum atomic E-state index is 13.6. The fraction of sp³-hybridized carbons (Fsp3) is 0.429. The second kappa shape index (κ2) is 11.5. The number of nitrogens with zero attached hydrogens (tertiary/aromatic N) is 2. The highest BCUT2D eigenvalue weighted by molar-refractivity contribution is 5.90. The molecule has 218 valence electrons. The molecule has 5 nitrogen and oxygen atoms in total. The summed E-state index contributed by atoms with van der Waals surface area (Å²) in [6, 6.07) is 6.51. The van der Waals surface area contributed by atoms with Crippen molar-refractivity contribution < 1.29 is 45.1 Å². The van der Waals surface area contributed by atoms with Gasteiger partial charge in [-0.1, -0.05) is 12.1 Å². The lowest BCUT2D eigenvalue weighted by Gasteiger charge is -2.24. The van der Waals surface area contributed by atoms with E-state index in [1.165, 1.54) is 36.2 Å². The molecule has 0 N–H and O–H groups in total. The Bertz CT molecular complexity index is 1240. The van der Waals surface area contributed by atoms with Crippen LogP contribution in [0.4, 0.5) is 35.5 Å². The molecular formula is C28H29F7N2O3. The molecule has 2 aromatic carbocycles. The summed E-state index contributed by atoms with van der Waals surface area (Å²) in [5, 5.41) is 0. The van der Waals surface area contributed by atoms with E-state index in [2.05, 4.69) is 0 Å². The molecular weight excluding hydrogens is 545 g/mol. The Morgan fingerprint density at radius 2 is 1.48 bits per heavy atom. The minimum atomic E-state index is -5.01. The maximum absolute atomic E-state index is 13.6. The van der Waals surface area contributed by atoms with Gasteiger partial charge in [0.1, 0.15) is 11.4 Å². The van der Waals surface area contributed by atoms with Crippen LogP contribution in [0.15, 0.2) is 48.0 Å². The summed E-state index contributed by atoms with van der Waals surface area (Å²) in [5.74, 6) is -1.10. The van der Waals surface area contributed by atoms with Crippen LogP contribution in [-0.4, -0.2) is 47.5 Å². The molecule has 2 aromatic rings. The van der Waals surface area contributed by atoms with Crippen molar-refractivity contribution in [3.05, 3.63) is 76.1 Å². The highest BCUT2D eigenvalue weighted by atomic mass is 19.4. The van der Waals surface area contributed by atoms with Gasteiger partial charge in [-0.25, -0.2) is 9.18 Å². The first kappa shape index (κ1) is 31.0. The van der Waals surface area contributed by atoms with Crippen molar-refractivity contribution in [1.29, 1.82) is 0 Å². The molecule has 12 heteroatoms. The Morgan fingerprint density at radius 1 is 0.925 bits per heavy atom. The van der Waals surface area contributed by atoms with Crippen LogP contribution in [-0.2, 0) is 28.4 Å². The van der Waals surface area contributed by atoms with E-state index < -0.39 is 53.4 Å². The molecule has 0 radical (unpaired) electrons. The van der Waals surface area contributed by atoms with Crippen molar-refractivity contribution in [3.8, 4) is 0 Å². The first-order valence-electron chi connectivity index (χ1n) is 12.3. The molecule has 1 aliphatic rings. The SMILES string of the molecule is CN(Cc1cc(C(F)(F)F)cc(C(F)(F)F)c1)C(=O)CC(=C1CCN(C(=O)OC(C)(C)C)C1)c1ccc(F)cc1. The zero-order chi connectivity index (χ0) is 30.0. The van der Waals surface area contributed by atoms with E-state index in [1.54, 1.807) is 20.8 Å². The molecule has 0 aromatic heterocycles. The van der Waals surface area contributed by atoms with Gasteiger partial charge in [0.2, 0.25) is 5.91 Å². The quantitative estimate of drug-likeness (QED) is 0.352. The Hall–Kier alpha value is -3.57. The molecule has 0 bridgehead atoms. The summed E-state index contributed by atoms with van der Waals surface area (Å²) in [5.41, 5.74) is -2.31. The van der Waals surface area contributed by atoms with Gasteiger partial charge in [0, 0.05) is 26.7 Å². The average molecular weight is 575 g/mol. The molecule has 0 spiro atoms. The van der Waals surface area contributed by atoms with E-state index >= 15 is 0 Å². The minimum absolute atomic E-state index is 0.0267. The fourth-order valence-electron chi connectivity index (χ4n) is 4.23. The predicted molar refractivity (Wildman–Crippen MR) is 133 cm³/mol. The normalized spacial score (nSPS) is 15.7. The topological polar surface area (TPSA) is 49.9 Å². The van der Waals surface area contributed by atoms with Crippen LogP contribution in [0.25, 0.3) is 5.57 Å². The average Bonchev–Trinajstić information content (AvgIpc) is 3.31. The van der Waals surface area contributed by atoms with Gasteiger partial charge >= 0.3 is 18.4 Å². The molecule has 0 unspecified atom stereocenters. The lowest BCUT2D eigenvalue weighted by molar-refractivity contribution is -0.143. The van der Waals surface area contributed by atoms with Crippen molar-refractivity contribution in [3.63, 3.8) is 0 Å². The van der Waals surface area contributed by atoms with Crippen LogP contribution in [0.2, 0.25) is 0 Å². The molecule has 0 aliphatic carbocycles. The summed E-state index contributed by atoms with van der Waals surface area (Å²) < 4.78 is 98.5. The van der Waals surface area contributed by atoms with Gasteiger partial charge in [-0.3, -0.25) is 4.79 Å². The summed E-state index contributed by atoms with van der Waals surface area (Å²) in [6.07, 6.45) is -10.5. The van der Waals surface area contributed by atoms with Crippen molar-refractivity contribution in [2.45, 2.75) is 58.1 Å². The Kier molecular flexibility index (Phi) is 8.90. The Morgan fingerprint density at radius 3 is 1.98 bits per heavy atom. The smallest absolute Gasteiger partial charge is 0.416 e. The number of halogens is 7. The van der Waals surface area contributed by atoms with E-state index in [1.807, 2.05) is 0 Å². The number of likely N-dealkylation sites (tertiary alicyclic amines) is 1. The monoisotopic (exact) mass is 574 g/mol. The van der Waals surface area contributed by atoms with E-state index in [0.29, 0.717) is 41.8 Å². The Labute approximate surface area is 227 Å².